The number of aromatic nitrogens is 2. The van der Waals surface area contributed by atoms with E-state index in [2.05, 4.69) is 20.4 Å². The molecule has 3 aromatic rings. The van der Waals surface area contributed by atoms with Gasteiger partial charge in [0.1, 0.15) is 5.75 Å². The van der Waals surface area contributed by atoms with Crippen molar-refractivity contribution >= 4 is 23.3 Å². The summed E-state index contributed by atoms with van der Waals surface area (Å²) in [6.45, 7) is 4.13. The summed E-state index contributed by atoms with van der Waals surface area (Å²) in [6, 6.07) is 16.5. The van der Waals surface area contributed by atoms with Crippen LogP contribution in [0.1, 0.15) is 6.92 Å². The maximum atomic E-state index is 12.6. The van der Waals surface area contributed by atoms with E-state index in [-0.39, 0.29) is 25.2 Å². The molecule has 0 spiro atoms. The Labute approximate surface area is 202 Å². The molecule has 2 aliphatic heterocycles. The van der Waals surface area contributed by atoms with Gasteiger partial charge in [0.15, 0.2) is 23.9 Å². The van der Waals surface area contributed by atoms with Crippen LogP contribution >= 0.6 is 0 Å². The molecule has 180 valence electrons. The number of hydrogen-bond donors (Lipinski definition) is 1. The predicted octanol–water partition coefficient (Wildman–Crippen LogP) is 2.56. The van der Waals surface area contributed by atoms with Crippen LogP contribution in [0.5, 0.6) is 17.2 Å². The van der Waals surface area contributed by atoms with Crippen LogP contribution in [0.25, 0.3) is 11.3 Å². The number of benzene rings is 2. The number of anilines is 2. The normalized spacial score (nSPS) is 14.5. The van der Waals surface area contributed by atoms with Crippen LogP contribution < -0.4 is 24.4 Å². The fraction of sp³-hybridized carbons (Fsp3) is 0.280. The van der Waals surface area contributed by atoms with Crippen LogP contribution in [0.2, 0.25) is 0 Å². The molecule has 1 saturated heterocycles. The second-order valence-corrected chi connectivity index (χ2v) is 8.21. The third-order valence-corrected chi connectivity index (χ3v) is 5.81. The first-order valence-electron chi connectivity index (χ1n) is 11.3. The highest BCUT2D eigenvalue weighted by molar-refractivity contribution is 5.88. The summed E-state index contributed by atoms with van der Waals surface area (Å²) in [5.74, 6) is 2.58. The molecule has 0 aliphatic carbocycles. The molecule has 1 N–H and O–H groups in total. The van der Waals surface area contributed by atoms with E-state index in [0.29, 0.717) is 43.4 Å². The summed E-state index contributed by atoms with van der Waals surface area (Å²) in [6.07, 6.45) is 0. The third kappa shape index (κ3) is 5.26. The van der Waals surface area contributed by atoms with Crippen molar-refractivity contribution in [3.63, 3.8) is 0 Å². The van der Waals surface area contributed by atoms with E-state index in [0.717, 1.165) is 22.8 Å². The zero-order chi connectivity index (χ0) is 24.2. The first kappa shape index (κ1) is 22.5. The van der Waals surface area contributed by atoms with Gasteiger partial charge in [-0.1, -0.05) is 0 Å². The number of piperazine rings is 1. The van der Waals surface area contributed by atoms with Gasteiger partial charge in [-0.05, 0) is 54.6 Å². The van der Waals surface area contributed by atoms with Crippen molar-refractivity contribution in [3.05, 3.63) is 54.6 Å². The van der Waals surface area contributed by atoms with Crippen molar-refractivity contribution in [2.45, 2.75) is 6.92 Å². The fourth-order valence-corrected chi connectivity index (χ4v) is 3.96. The summed E-state index contributed by atoms with van der Waals surface area (Å²) >= 11 is 0. The van der Waals surface area contributed by atoms with Gasteiger partial charge in [-0.2, -0.15) is 0 Å². The first-order chi connectivity index (χ1) is 17.0. The maximum absolute atomic E-state index is 12.6. The lowest BCUT2D eigenvalue weighted by Crippen LogP contribution is -2.50. The molecule has 35 heavy (non-hydrogen) atoms. The molecule has 10 heteroatoms. The Kier molecular flexibility index (Phi) is 6.34. The average molecular weight is 476 g/mol. The number of rotatable bonds is 6. The Balaban J connectivity index is 1.11. The highest BCUT2D eigenvalue weighted by Gasteiger charge is 2.23. The molecular weight excluding hydrogens is 450 g/mol. The maximum Gasteiger partial charge on any atom is 0.260 e. The zero-order valence-corrected chi connectivity index (χ0v) is 19.3. The summed E-state index contributed by atoms with van der Waals surface area (Å²) in [5.41, 5.74) is 2.34. The molecule has 0 bridgehead atoms. The van der Waals surface area contributed by atoms with E-state index in [4.69, 9.17) is 14.2 Å². The van der Waals surface area contributed by atoms with Crippen molar-refractivity contribution in [1.82, 2.24) is 15.1 Å². The smallest absolute Gasteiger partial charge is 0.260 e. The zero-order valence-electron chi connectivity index (χ0n) is 19.3. The minimum Gasteiger partial charge on any atom is -0.484 e. The number of nitrogens with one attached hydrogen (secondary N) is 1. The average Bonchev–Trinajstić information content (AvgIpc) is 3.36. The van der Waals surface area contributed by atoms with E-state index in [9.17, 15) is 9.59 Å². The fourth-order valence-electron chi connectivity index (χ4n) is 3.96. The van der Waals surface area contributed by atoms with Gasteiger partial charge < -0.3 is 29.3 Å². The number of nitrogens with zero attached hydrogens (tertiary/aromatic N) is 4. The number of carbonyl (C=O) groups is 2. The Morgan fingerprint density at radius 2 is 1.71 bits per heavy atom. The number of fused-ring (bicyclic) bond motifs is 1. The molecule has 5 rings (SSSR count). The number of carbonyl (C=O) groups excluding carboxylic acids is 2. The lowest BCUT2D eigenvalue weighted by molar-refractivity contribution is -0.133. The molecule has 2 aliphatic rings. The van der Waals surface area contributed by atoms with Crippen molar-refractivity contribution in [3.8, 4) is 28.5 Å². The Morgan fingerprint density at radius 1 is 0.943 bits per heavy atom. The number of ether oxygens (including phenoxy) is 3. The van der Waals surface area contributed by atoms with Crippen molar-refractivity contribution in [2.24, 2.45) is 0 Å². The summed E-state index contributed by atoms with van der Waals surface area (Å²) < 4.78 is 16.4. The SMILES string of the molecule is CC(=O)Nc1ccc(OCC(=O)N2CCN(c3ccc(-c4ccc5c(c4)OCO5)nn3)CC2)cc1. The summed E-state index contributed by atoms with van der Waals surface area (Å²) in [7, 11) is 0. The Hall–Kier alpha value is -4.34. The van der Waals surface area contributed by atoms with E-state index >= 15 is 0 Å². The highest BCUT2D eigenvalue weighted by Crippen LogP contribution is 2.35. The molecule has 0 unspecified atom stereocenters. The second kappa shape index (κ2) is 9.88. The minimum absolute atomic E-state index is 0.0382. The number of amides is 2. The topological polar surface area (TPSA) is 106 Å². The van der Waals surface area contributed by atoms with Gasteiger partial charge in [0.05, 0.1) is 5.69 Å². The molecule has 2 aromatic carbocycles. The molecule has 10 nitrogen and oxygen atoms in total. The van der Waals surface area contributed by atoms with Crippen molar-refractivity contribution in [2.75, 3.05) is 49.8 Å². The van der Waals surface area contributed by atoms with Gasteiger partial charge in [-0.25, -0.2) is 0 Å². The van der Waals surface area contributed by atoms with Gasteiger partial charge >= 0.3 is 0 Å². The van der Waals surface area contributed by atoms with Crippen molar-refractivity contribution < 1.29 is 23.8 Å². The predicted molar refractivity (Wildman–Crippen MR) is 129 cm³/mol. The Morgan fingerprint density at radius 3 is 2.43 bits per heavy atom. The van der Waals surface area contributed by atoms with E-state index in [1.165, 1.54) is 6.92 Å². The quantitative estimate of drug-likeness (QED) is 0.580. The minimum atomic E-state index is -0.139. The molecule has 2 amide bonds. The standard InChI is InChI=1S/C25H25N5O5/c1-17(31)26-19-3-5-20(6-4-19)33-15-25(32)30-12-10-29(11-13-30)24-9-7-21(27-28-24)18-2-8-22-23(14-18)35-16-34-22/h2-9,14H,10-13,15-16H2,1H3,(H,26,31). The summed E-state index contributed by atoms with van der Waals surface area (Å²) in [4.78, 5) is 27.6. The van der Waals surface area contributed by atoms with Gasteiger partial charge in [-0.15, -0.1) is 10.2 Å². The highest BCUT2D eigenvalue weighted by atomic mass is 16.7. The third-order valence-electron chi connectivity index (χ3n) is 5.81. The van der Waals surface area contributed by atoms with Crippen LogP contribution in [-0.4, -0.2) is 66.5 Å². The van der Waals surface area contributed by atoms with Crippen LogP contribution in [0.4, 0.5) is 11.5 Å². The Bertz CT molecular complexity index is 1210. The van der Waals surface area contributed by atoms with E-state index in [1.807, 2.05) is 30.3 Å². The molecule has 0 saturated carbocycles. The van der Waals surface area contributed by atoms with Crippen LogP contribution in [0.3, 0.4) is 0 Å². The first-order valence-corrected chi connectivity index (χ1v) is 11.3. The lowest BCUT2D eigenvalue weighted by Gasteiger charge is -2.35. The van der Waals surface area contributed by atoms with E-state index < -0.39 is 0 Å². The van der Waals surface area contributed by atoms with Crippen molar-refractivity contribution in [1.29, 1.82) is 0 Å². The van der Waals surface area contributed by atoms with E-state index in [1.54, 1.807) is 29.2 Å². The van der Waals surface area contributed by atoms with Crippen LogP contribution in [-0.2, 0) is 9.59 Å². The van der Waals surface area contributed by atoms with Gasteiger partial charge in [0.2, 0.25) is 12.7 Å². The molecular formula is C25H25N5O5. The van der Waals surface area contributed by atoms with Crippen LogP contribution in [0.15, 0.2) is 54.6 Å². The monoisotopic (exact) mass is 475 g/mol. The van der Waals surface area contributed by atoms with Gasteiger partial charge in [-0.3, -0.25) is 9.59 Å². The molecule has 1 aromatic heterocycles. The van der Waals surface area contributed by atoms with Crippen LogP contribution in [0, 0.1) is 0 Å². The largest absolute Gasteiger partial charge is 0.484 e. The second-order valence-electron chi connectivity index (χ2n) is 8.21. The molecule has 1 fully saturated rings. The number of hydrogen-bond acceptors (Lipinski definition) is 8. The molecule has 0 radical (unpaired) electrons. The molecule has 0 atom stereocenters. The summed E-state index contributed by atoms with van der Waals surface area (Å²) in [5, 5.41) is 11.5. The lowest BCUT2D eigenvalue weighted by atomic mass is 10.1. The van der Waals surface area contributed by atoms with Gasteiger partial charge in [0, 0.05) is 44.4 Å². The molecule has 3 heterocycles. The van der Waals surface area contributed by atoms with Gasteiger partial charge in [0.25, 0.3) is 5.91 Å².